The third-order valence-corrected chi connectivity index (χ3v) is 12.0. The molecule has 0 aromatic heterocycles. The number of fused-ring (bicyclic) bond motifs is 3. The van der Waals surface area contributed by atoms with Crippen LogP contribution in [0.2, 0.25) is 0 Å². The van der Waals surface area contributed by atoms with Gasteiger partial charge in [-0.25, -0.2) is 0 Å². The van der Waals surface area contributed by atoms with E-state index in [-0.39, 0.29) is 24.2 Å². The van der Waals surface area contributed by atoms with Gasteiger partial charge in [-0.2, -0.15) is 13.2 Å². The minimum atomic E-state index is -4.50. The summed E-state index contributed by atoms with van der Waals surface area (Å²) < 4.78 is 40.8. The van der Waals surface area contributed by atoms with Crippen molar-refractivity contribution in [2.24, 2.45) is 46.3 Å². The van der Waals surface area contributed by atoms with Crippen molar-refractivity contribution in [1.82, 2.24) is 0 Å². The number of rotatable bonds is 7. The SMILES string of the molecule is CCC1C2CCC3C[C@](O)(C(F)(F)F)CCC3(C)C2CCC1(C)C(C)CCCCC1CCC1. The molecular weight excluding hydrogens is 421 g/mol. The molecule has 0 aliphatic heterocycles. The molecule has 0 bridgehead atoms. The summed E-state index contributed by atoms with van der Waals surface area (Å²) in [6, 6.07) is 0. The number of aliphatic hydroxyl groups is 1. The highest BCUT2D eigenvalue weighted by molar-refractivity contribution is 5.09. The van der Waals surface area contributed by atoms with Crippen LogP contribution < -0.4 is 0 Å². The molecule has 33 heavy (non-hydrogen) atoms. The fourth-order valence-corrected chi connectivity index (χ4v) is 9.23. The van der Waals surface area contributed by atoms with Gasteiger partial charge in [-0.15, -0.1) is 0 Å². The zero-order valence-electron chi connectivity index (χ0n) is 21.7. The van der Waals surface area contributed by atoms with Crippen molar-refractivity contribution in [3.63, 3.8) is 0 Å². The van der Waals surface area contributed by atoms with Crippen LogP contribution in [0.3, 0.4) is 0 Å². The van der Waals surface area contributed by atoms with Crippen molar-refractivity contribution in [1.29, 1.82) is 0 Å². The van der Waals surface area contributed by atoms with Gasteiger partial charge in [-0.3, -0.25) is 0 Å². The first-order chi connectivity index (χ1) is 15.4. The molecule has 192 valence electrons. The molecule has 8 atom stereocenters. The second-order valence-corrected chi connectivity index (χ2v) is 13.3. The van der Waals surface area contributed by atoms with Gasteiger partial charge in [0, 0.05) is 0 Å². The maximum absolute atomic E-state index is 13.6. The highest BCUT2D eigenvalue weighted by Crippen LogP contribution is 2.66. The highest BCUT2D eigenvalue weighted by Gasteiger charge is 2.63. The second-order valence-electron chi connectivity index (χ2n) is 13.3. The van der Waals surface area contributed by atoms with Crippen LogP contribution in [0.1, 0.15) is 124 Å². The molecule has 0 heterocycles. The van der Waals surface area contributed by atoms with E-state index < -0.39 is 11.8 Å². The highest BCUT2D eigenvalue weighted by atomic mass is 19.4. The fourth-order valence-electron chi connectivity index (χ4n) is 9.23. The Morgan fingerprint density at radius 1 is 0.970 bits per heavy atom. The first-order valence-corrected chi connectivity index (χ1v) is 14.2. The predicted octanol–water partition coefficient (Wildman–Crippen LogP) is 8.94. The third kappa shape index (κ3) is 4.53. The van der Waals surface area contributed by atoms with Crippen LogP contribution in [-0.2, 0) is 0 Å². The van der Waals surface area contributed by atoms with Crippen LogP contribution in [0.15, 0.2) is 0 Å². The number of halogens is 3. The minimum absolute atomic E-state index is 0.00455. The lowest BCUT2D eigenvalue weighted by atomic mass is 9.42. The van der Waals surface area contributed by atoms with Crippen LogP contribution in [0.5, 0.6) is 0 Å². The van der Waals surface area contributed by atoms with E-state index in [9.17, 15) is 18.3 Å². The zero-order valence-corrected chi connectivity index (χ0v) is 21.7. The fraction of sp³-hybridized carbons (Fsp3) is 1.00. The van der Waals surface area contributed by atoms with Gasteiger partial charge in [-0.05, 0) is 91.3 Å². The predicted molar refractivity (Wildman–Crippen MR) is 129 cm³/mol. The van der Waals surface area contributed by atoms with Gasteiger partial charge >= 0.3 is 6.18 Å². The summed E-state index contributed by atoms with van der Waals surface area (Å²) in [5, 5.41) is 10.4. The molecule has 0 saturated heterocycles. The quantitative estimate of drug-likeness (QED) is 0.368. The molecular formula is C29H49F3O. The van der Waals surface area contributed by atoms with E-state index in [4.69, 9.17) is 0 Å². The molecule has 1 nitrogen and oxygen atoms in total. The molecule has 0 radical (unpaired) electrons. The summed E-state index contributed by atoms with van der Waals surface area (Å²) in [5.41, 5.74) is -2.15. The van der Waals surface area contributed by atoms with Gasteiger partial charge in [0.15, 0.2) is 5.60 Å². The average Bonchev–Trinajstić information content (AvgIpc) is 2.71. The lowest BCUT2D eigenvalue weighted by molar-refractivity contribution is -0.290. The Labute approximate surface area is 200 Å². The van der Waals surface area contributed by atoms with E-state index >= 15 is 0 Å². The minimum Gasteiger partial charge on any atom is -0.380 e. The molecule has 1 N–H and O–H groups in total. The van der Waals surface area contributed by atoms with Gasteiger partial charge in [-0.1, -0.05) is 79.1 Å². The smallest absolute Gasteiger partial charge is 0.380 e. The summed E-state index contributed by atoms with van der Waals surface area (Å²) in [7, 11) is 0. The largest absolute Gasteiger partial charge is 0.417 e. The van der Waals surface area contributed by atoms with Crippen molar-refractivity contribution >= 4 is 0 Å². The van der Waals surface area contributed by atoms with Crippen LogP contribution in [0.25, 0.3) is 0 Å². The van der Waals surface area contributed by atoms with Crippen molar-refractivity contribution in [3.05, 3.63) is 0 Å². The second kappa shape index (κ2) is 9.32. The molecule has 0 aromatic rings. The van der Waals surface area contributed by atoms with Gasteiger partial charge in [0.25, 0.3) is 0 Å². The average molecular weight is 471 g/mol. The number of hydrogen-bond donors (Lipinski definition) is 1. The number of unbranched alkanes of at least 4 members (excludes halogenated alkanes) is 1. The van der Waals surface area contributed by atoms with Crippen LogP contribution in [0.4, 0.5) is 13.2 Å². The van der Waals surface area contributed by atoms with E-state index in [1.165, 1.54) is 64.2 Å². The third-order valence-electron chi connectivity index (χ3n) is 12.0. The normalized spacial score (nSPS) is 45.1. The Morgan fingerprint density at radius 2 is 1.70 bits per heavy atom. The standard InChI is InChI=1S/C29H49F3O/c1-5-24-23-14-13-22-19-28(33,29(30,31)32)18-17-27(22,4)25(23)15-16-26(24,3)20(2)9-6-7-10-21-11-8-12-21/h20-25,33H,5-19H2,1-4H3/t20?,22?,23?,24?,25?,26?,27?,28-/m0/s1. The van der Waals surface area contributed by atoms with Crippen molar-refractivity contribution in [2.45, 2.75) is 136 Å². The van der Waals surface area contributed by atoms with E-state index in [2.05, 4.69) is 27.7 Å². The van der Waals surface area contributed by atoms with Crippen LogP contribution >= 0.6 is 0 Å². The molecule has 0 spiro atoms. The molecule has 4 saturated carbocycles. The maximum atomic E-state index is 13.6. The Morgan fingerprint density at radius 3 is 2.30 bits per heavy atom. The van der Waals surface area contributed by atoms with Crippen molar-refractivity contribution in [2.75, 3.05) is 0 Å². The van der Waals surface area contributed by atoms with Crippen molar-refractivity contribution < 1.29 is 18.3 Å². The van der Waals surface area contributed by atoms with E-state index in [0.717, 1.165) is 24.7 Å². The van der Waals surface area contributed by atoms with E-state index in [1.807, 2.05) is 0 Å². The Bertz CT molecular complexity index is 672. The molecule has 7 unspecified atom stereocenters. The van der Waals surface area contributed by atoms with E-state index in [0.29, 0.717) is 29.6 Å². The zero-order chi connectivity index (χ0) is 24.1. The van der Waals surface area contributed by atoms with Crippen molar-refractivity contribution in [3.8, 4) is 0 Å². The molecule has 4 rings (SSSR count). The van der Waals surface area contributed by atoms with E-state index in [1.54, 1.807) is 0 Å². The summed E-state index contributed by atoms with van der Waals surface area (Å²) in [5.74, 6) is 3.58. The van der Waals surface area contributed by atoms with Gasteiger partial charge in [0.2, 0.25) is 0 Å². The molecule has 4 fully saturated rings. The molecule has 4 aliphatic rings. The Hall–Kier alpha value is -0.250. The van der Waals surface area contributed by atoms with Crippen LogP contribution in [-0.4, -0.2) is 16.9 Å². The van der Waals surface area contributed by atoms with Gasteiger partial charge in [0.05, 0.1) is 0 Å². The number of alkyl halides is 3. The summed E-state index contributed by atoms with van der Waals surface area (Å²) in [6.45, 7) is 9.67. The maximum Gasteiger partial charge on any atom is 0.417 e. The number of hydrogen-bond acceptors (Lipinski definition) is 1. The Balaban J connectivity index is 1.42. The first-order valence-electron chi connectivity index (χ1n) is 14.2. The Kier molecular flexibility index (Phi) is 7.30. The van der Waals surface area contributed by atoms with Crippen LogP contribution in [0, 0.1) is 46.3 Å². The summed E-state index contributed by atoms with van der Waals surface area (Å²) in [6.07, 6.45) is 11.2. The van der Waals surface area contributed by atoms with Gasteiger partial charge in [0.1, 0.15) is 0 Å². The monoisotopic (exact) mass is 470 g/mol. The summed E-state index contributed by atoms with van der Waals surface area (Å²) >= 11 is 0. The van der Waals surface area contributed by atoms with Gasteiger partial charge < -0.3 is 5.11 Å². The molecule has 0 aromatic carbocycles. The molecule has 0 amide bonds. The lowest BCUT2D eigenvalue weighted by Gasteiger charge is -2.63. The summed E-state index contributed by atoms with van der Waals surface area (Å²) in [4.78, 5) is 0. The topological polar surface area (TPSA) is 20.2 Å². The molecule has 4 aliphatic carbocycles. The lowest BCUT2D eigenvalue weighted by Crippen LogP contribution is -2.59. The molecule has 4 heteroatoms. The first kappa shape index (κ1) is 25.8.